The minimum absolute atomic E-state index is 0.104. The zero-order chi connectivity index (χ0) is 13.8. The Labute approximate surface area is 111 Å². The van der Waals surface area contributed by atoms with E-state index in [4.69, 9.17) is 5.11 Å². The molecule has 0 aliphatic carbocycles. The third-order valence-corrected chi connectivity index (χ3v) is 2.92. The number of rotatable bonds is 3. The molecule has 0 bridgehead atoms. The first kappa shape index (κ1) is 13.0. The topological polar surface area (TPSA) is 78.4 Å². The van der Waals surface area contributed by atoms with Crippen molar-refractivity contribution < 1.29 is 19.1 Å². The summed E-state index contributed by atoms with van der Waals surface area (Å²) < 4.78 is 13.4. The van der Waals surface area contributed by atoms with Gasteiger partial charge in [0.05, 0.1) is 16.9 Å². The number of anilines is 2. The van der Waals surface area contributed by atoms with Crippen molar-refractivity contribution in [1.29, 1.82) is 0 Å². The SMILES string of the molecule is O=C(Nc1ccsc1)Nc1cc(C(=O)O)ccc1F. The molecule has 0 unspecified atom stereocenters. The van der Waals surface area contributed by atoms with Crippen molar-refractivity contribution in [2.45, 2.75) is 0 Å². The van der Waals surface area contributed by atoms with E-state index in [1.807, 2.05) is 0 Å². The van der Waals surface area contributed by atoms with Crippen LogP contribution in [-0.4, -0.2) is 17.1 Å². The molecule has 0 fully saturated rings. The van der Waals surface area contributed by atoms with Crippen molar-refractivity contribution in [2.75, 3.05) is 10.6 Å². The number of carboxylic acids is 1. The van der Waals surface area contributed by atoms with Gasteiger partial charge in [-0.05, 0) is 29.6 Å². The zero-order valence-corrected chi connectivity index (χ0v) is 10.3. The third-order valence-electron chi connectivity index (χ3n) is 2.24. The van der Waals surface area contributed by atoms with Crippen LogP contribution in [0.25, 0.3) is 0 Å². The molecule has 0 saturated carbocycles. The molecular weight excluding hydrogens is 271 g/mol. The van der Waals surface area contributed by atoms with Gasteiger partial charge in [0.15, 0.2) is 0 Å². The predicted molar refractivity (Wildman–Crippen MR) is 70.3 cm³/mol. The molecule has 1 aromatic heterocycles. The predicted octanol–water partition coefficient (Wildman–Crippen LogP) is 3.23. The lowest BCUT2D eigenvalue weighted by molar-refractivity contribution is 0.0697. The number of hydrogen-bond acceptors (Lipinski definition) is 3. The summed E-state index contributed by atoms with van der Waals surface area (Å²) >= 11 is 1.40. The Hall–Kier alpha value is -2.41. The van der Waals surface area contributed by atoms with Gasteiger partial charge < -0.3 is 15.7 Å². The van der Waals surface area contributed by atoms with Crippen LogP contribution < -0.4 is 10.6 Å². The second-order valence-electron chi connectivity index (χ2n) is 3.59. The van der Waals surface area contributed by atoms with Crippen LogP contribution in [-0.2, 0) is 0 Å². The van der Waals surface area contributed by atoms with E-state index in [0.29, 0.717) is 5.69 Å². The number of thiophene rings is 1. The van der Waals surface area contributed by atoms with E-state index >= 15 is 0 Å². The van der Waals surface area contributed by atoms with Gasteiger partial charge in [0.1, 0.15) is 5.82 Å². The van der Waals surface area contributed by atoms with Crippen LogP contribution in [0.5, 0.6) is 0 Å². The fourth-order valence-electron chi connectivity index (χ4n) is 1.37. The first-order valence-corrected chi connectivity index (χ1v) is 6.13. The number of urea groups is 1. The number of halogens is 1. The van der Waals surface area contributed by atoms with Crippen molar-refractivity contribution >= 4 is 34.7 Å². The number of carbonyl (C=O) groups excluding carboxylic acids is 1. The van der Waals surface area contributed by atoms with Crippen LogP contribution >= 0.6 is 11.3 Å². The van der Waals surface area contributed by atoms with Gasteiger partial charge in [0.25, 0.3) is 0 Å². The molecule has 0 aliphatic rings. The molecule has 0 spiro atoms. The van der Waals surface area contributed by atoms with Gasteiger partial charge in [-0.15, -0.1) is 0 Å². The fraction of sp³-hybridized carbons (Fsp3) is 0. The van der Waals surface area contributed by atoms with Crippen LogP contribution in [0, 0.1) is 5.82 Å². The maximum Gasteiger partial charge on any atom is 0.335 e. The second kappa shape index (κ2) is 5.49. The van der Waals surface area contributed by atoms with Gasteiger partial charge in [0.2, 0.25) is 0 Å². The second-order valence-corrected chi connectivity index (χ2v) is 4.37. The molecule has 0 atom stereocenters. The van der Waals surface area contributed by atoms with E-state index in [0.717, 1.165) is 18.2 Å². The normalized spacial score (nSPS) is 9.95. The van der Waals surface area contributed by atoms with Crippen molar-refractivity contribution in [1.82, 2.24) is 0 Å². The number of carbonyl (C=O) groups is 2. The molecule has 7 heteroatoms. The van der Waals surface area contributed by atoms with Crippen molar-refractivity contribution in [3.05, 3.63) is 46.4 Å². The molecule has 98 valence electrons. The largest absolute Gasteiger partial charge is 0.478 e. The smallest absolute Gasteiger partial charge is 0.335 e. The van der Waals surface area contributed by atoms with Gasteiger partial charge in [-0.25, -0.2) is 14.0 Å². The number of aromatic carboxylic acids is 1. The van der Waals surface area contributed by atoms with Crippen LogP contribution in [0.15, 0.2) is 35.0 Å². The third kappa shape index (κ3) is 3.29. The first-order chi connectivity index (χ1) is 9.06. The Morgan fingerprint density at radius 1 is 1.21 bits per heavy atom. The molecule has 19 heavy (non-hydrogen) atoms. The highest BCUT2D eigenvalue weighted by Gasteiger charge is 2.11. The Morgan fingerprint density at radius 2 is 2.00 bits per heavy atom. The maximum atomic E-state index is 13.4. The van der Waals surface area contributed by atoms with E-state index in [9.17, 15) is 14.0 Å². The summed E-state index contributed by atoms with van der Waals surface area (Å²) in [6, 6.07) is 4.22. The molecule has 3 N–H and O–H groups in total. The first-order valence-electron chi connectivity index (χ1n) is 5.19. The van der Waals surface area contributed by atoms with Gasteiger partial charge in [-0.1, -0.05) is 0 Å². The highest BCUT2D eigenvalue weighted by molar-refractivity contribution is 7.08. The van der Waals surface area contributed by atoms with Gasteiger partial charge >= 0.3 is 12.0 Å². The molecule has 2 amide bonds. The van der Waals surface area contributed by atoms with E-state index in [2.05, 4.69) is 10.6 Å². The van der Waals surface area contributed by atoms with Gasteiger partial charge in [-0.2, -0.15) is 11.3 Å². The van der Waals surface area contributed by atoms with E-state index in [-0.39, 0.29) is 11.3 Å². The monoisotopic (exact) mass is 280 g/mol. The van der Waals surface area contributed by atoms with E-state index in [1.54, 1.807) is 16.8 Å². The lowest BCUT2D eigenvalue weighted by Gasteiger charge is -2.08. The Balaban J connectivity index is 2.11. The highest BCUT2D eigenvalue weighted by atomic mass is 32.1. The van der Waals surface area contributed by atoms with Crippen molar-refractivity contribution in [3.8, 4) is 0 Å². The number of hydrogen-bond donors (Lipinski definition) is 3. The molecule has 2 rings (SSSR count). The molecule has 0 radical (unpaired) electrons. The summed E-state index contributed by atoms with van der Waals surface area (Å²) in [5, 5.41) is 17.0. The van der Waals surface area contributed by atoms with E-state index in [1.165, 1.54) is 11.3 Å². The minimum Gasteiger partial charge on any atom is -0.478 e. The quantitative estimate of drug-likeness (QED) is 0.807. The van der Waals surface area contributed by atoms with E-state index < -0.39 is 17.8 Å². The summed E-state index contributed by atoms with van der Waals surface area (Å²) in [4.78, 5) is 22.3. The van der Waals surface area contributed by atoms with Gasteiger partial charge in [-0.3, -0.25) is 0 Å². The van der Waals surface area contributed by atoms with Crippen LogP contribution in [0.1, 0.15) is 10.4 Å². The number of nitrogens with one attached hydrogen (secondary N) is 2. The molecule has 2 aromatic rings. The summed E-state index contributed by atoms with van der Waals surface area (Å²) in [6.07, 6.45) is 0. The molecular formula is C12H9FN2O3S. The van der Waals surface area contributed by atoms with Crippen LogP contribution in [0.2, 0.25) is 0 Å². The van der Waals surface area contributed by atoms with Crippen molar-refractivity contribution in [3.63, 3.8) is 0 Å². The molecule has 1 aromatic carbocycles. The molecule has 5 nitrogen and oxygen atoms in total. The molecule has 0 saturated heterocycles. The lowest BCUT2D eigenvalue weighted by Crippen LogP contribution is -2.20. The number of carboxylic acid groups (broad SMARTS) is 1. The molecule has 0 aliphatic heterocycles. The Kier molecular flexibility index (Phi) is 3.76. The average molecular weight is 280 g/mol. The highest BCUT2D eigenvalue weighted by Crippen LogP contribution is 2.17. The standard InChI is InChI=1S/C12H9FN2O3S/c13-9-2-1-7(11(16)17)5-10(9)15-12(18)14-8-3-4-19-6-8/h1-6H,(H,16,17)(H2,14,15,18). The summed E-state index contributed by atoms with van der Waals surface area (Å²) in [6.45, 7) is 0. The van der Waals surface area contributed by atoms with Crippen LogP contribution in [0.3, 0.4) is 0 Å². The van der Waals surface area contributed by atoms with Crippen molar-refractivity contribution in [2.24, 2.45) is 0 Å². The zero-order valence-electron chi connectivity index (χ0n) is 9.51. The van der Waals surface area contributed by atoms with Crippen LogP contribution in [0.4, 0.5) is 20.6 Å². The average Bonchev–Trinajstić information content (AvgIpc) is 2.84. The summed E-state index contributed by atoms with van der Waals surface area (Å²) in [7, 11) is 0. The summed E-state index contributed by atoms with van der Waals surface area (Å²) in [5.41, 5.74) is 0.289. The fourth-order valence-corrected chi connectivity index (χ4v) is 1.96. The summed E-state index contributed by atoms with van der Waals surface area (Å²) in [5.74, 6) is -1.90. The minimum atomic E-state index is -1.19. The maximum absolute atomic E-state index is 13.4. The lowest BCUT2D eigenvalue weighted by atomic mass is 10.2. The number of amides is 2. The number of benzene rings is 1. The Morgan fingerprint density at radius 3 is 2.63 bits per heavy atom. The molecule has 1 heterocycles. The Bertz CT molecular complexity index is 613. The van der Waals surface area contributed by atoms with Gasteiger partial charge in [0, 0.05) is 5.38 Å².